The average Bonchev–Trinajstić information content (AvgIpc) is 2.32. The van der Waals surface area contributed by atoms with E-state index in [0.29, 0.717) is 6.42 Å². The molecule has 0 saturated heterocycles. The number of carbonyl (C=O) groups excluding carboxylic acids is 1. The number of terminal acetylenes is 1. The first-order valence-electron chi connectivity index (χ1n) is 5.73. The maximum atomic E-state index is 11.0. The van der Waals surface area contributed by atoms with Crippen LogP contribution in [0, 0.1) is 12.3 Å². The largest absolute Gasteiger partial charge is 0.368 e. The van der Waals surface area contributed by atoms with E-state index in [0.717, 1.165) is 28.3 Å². The summed E-state index contributed by atoms with van der Waals surface area (Å²) in [6.45, 7) is 0. The molecule has 0 bridgehead atoms. The molecule has 0 saturated carbocycles. The Morgan fingerprint density at radius 1 is 1.29 bits per heavy atom. The first-order chi connectivity index (χ1) is 7.84. The number of hydrogen-bond acceptors (Lipinski definition) is 2. The number of nitrogens with two attached hydrogens (primary N) is 2. The third-order valence-corrected chi connectivity index (χ3v) is 3.13. The van der Waals surface area contributed by atoms with E-state index < -0.39 is 11.9 Å². The van der Waals surface area contributed by atoms with Gasteiger partial charge < -0.3 is 11.5 Å². The minimum absolute atomic E-state index is 0.473. The molecule has 0 unspecified atom stereocenters. The van der Waals surface area contributed by atoms with Crippen LogP contribution in [0.15, 0.2) is 22.0 Å². The summed E-state index contributed by atoms with van der Waals surface area (Å²) >= 11 is 0. The second-order valence-corrected chi connectivity index (χ2v) is 4.19. The van der Waals surface area contributed by atoms with Gasteiger partial charge in [0.15, 0.2) is 0 Å². The van der Waals surface area contributed by atoms with Crippen LogP contribution in [0.1, 0.15) is 6.42 Å². The third kappa shape index (κ3) is 4.62. The highest BCUT2D eigenvalue weighted by molar-refractivity contribution is 6.42. The summed E-state index contributed by atoms with van der Waals surface area (Å²) < 4.78 is 0. The lowest BCUT2D eigenvalue weighted by atomic mass is 9.67. The van der Waals surface area contributed by atoms with Crippen LogP contribution < -0.4 is 11.5 Å². The van der Waals surface area contributed by atoms with Crippen molar-refractivity contribution in [1.29, 1.82) is 0 Å². The molecule has 0 aliphatic carbocycles. The highest BCUT2D eigenvalue weighted by Gasteiger charge is 2.13. The van der Waals surface area contributed by atoms with Crippen LogP contribution in [0.3, 0.4) is 0 Å². The normalized spacial score (nSPS) is 15.3. The number of hydrogen-bond donors (Lipinski definition) is 2. The van der Waals surface area contributed by atoms with Crippen molar-refractivity contribution in [3.8, 4) is 12.3 Å². The van der Waals surface area contributed by atoms with Crippen LogP contribution in [-0.2, 0) is 4.79 Å². The summed E-state index contributed by atoms with van der Waals surface area (Å²) in [5.41, 5.74) is 15.1. The van der Waals surface area contributed by atoms with E-state index in [9.17, 15) is 4.79 Å². The number of primary amides is 1. The van der Waals surface area contributed by atoms with E-state index in [4.69, 9.17) is 17.9 Å². The second kappa shape index (κ2) is 7.13. The van der Waals surface area contributed by atoms with E-state index in [1.807, 2.05) is 31.4 Å². The van der Waals surface area contributed by atoms with Crippen molar-refractivity contribution in [3.05, 3.63) is 22.0 Å². The van der Waals surface area contributed by atoms with Crippen LogP contribution in [0.25, 0.3) is 0 Å². The molecule has 0 aliphatic rings. The summed E-state index contributed by atoms with van der Waals surface area (Å²) in [6, 6.07) is -0.626. The SMILES string of the molecule is BC/C(C[C@H](N)C(N)=O)=C(B)\C(B)=C(\B)C#C. The highest BCUT2D eigenvalue weighted by atomic mass is 16.1. The smallest absolute Gasteiger partial charge is 0.234 e. The third-order valence-electron chi connectivity index (χ3n) is 3.13. The first kappa shape index (κ1) is 15.7. The molecular weight excluding hydrogens is 207 g/mol. The molecule has 0 radical (unpaired) electrons. The van der Waals surface area contributed by atoms with Gasteiger partial charge in [0.1, 0.15) is 31.4 Å². The fraction of sp³-hybridized carbons (Fsp3) is 0.300. The van der Waals surface area contributed by atoms with Gasteiger partial charge in [-0.1, -0.05) is 28.8 Å². The van der Waals surface area contributed by atoms with Crippen molar-refractivity contribution >= 4 is 37.3 Å². The first-order valence-corrected chi connectivity index (χ1v) is 5.73. The Balaban J connectivity index is 5.23. The number of amides is 1. The minimum atomic E-state index is -0.626. The van der Waals surface area contributed by atoms with Gasteiger partial charge in [-0.25, -0.2) is 0 Å². The quantitative estimate of drug-likeness (QED) is 0.287. The molecule has 0 fully saturated rings. The molecule has 1 amide bonds. The second-order valence-electron chi connectivity index (χ2n) is 4.19. The Morgan fingerprint density at radius 3 is 2.18 bits per heavy atom. The van der Waals surface area contributed by atoms with Gasteiger partial charge in [-0.15, -0.1) is 6.42 Å². The fourth-order valence-corrected chi connectivity index (χ4v) is 1.58. The molecule has 3 nitrogen and oxygen atoms in total. The van der Waals surface area contributed by atoms with Gasteiger partial charge in [-0.05, 0) is 11.9 Å². The van der Waals surface area contributed by atoms with E-state index in [1.165, 1.54) is 0 Å². The fourth-order valence-electron chi connectivity index (χ4n) is 1.58. The number of carbonyl (C=O) groups is 1. The predicted molar refractivity (Wildman–Crippen MR) is 83.7 cm³/mol. The van der Waals surface area contributed by atoms with E-state index in [2.05, 4.69) is 5.92 Å². The molecular formula is C10H18B4N2O. The average molecular weight is 226 g/mol. The maximum absolute atomic E-state index is 11.0. The van der Waals surface area contributed by atoms with Gasteiger partial charge in [-0.2, -0.15) is 0 Å². The van der Waals surface area contributed by atoms with Crippen LogP contribution in [0.4, 0.5) is 0 Å². The topological polar surface area (TPSA) is 69.1 Å². The lowest BCUT2D eigenvalue weighted by Crippen LogP contribution is -2.36. The highest BCUT2D eigenvalue weighted by Crippen LogP contribution is 2.18. The molecule has 1 atom stereocenters. The van der Waals surface area contributed by atoms with Crippen LogP contribution in [0.5, 0.6) is 0 Å². The zero-order valence-corrected chi connectivity index (χ0v) is 11.1. The molecule has 7 heteroatoms. The van der Waals surface area contributed by atoms with E-state index in [1.54, 1.807) is 0 Å². The molecule has 17 heavy (non-hydrogen) atoms. The van der Waals surface area contributed by atoms with Gasteiger partial charge in [-0.3, -0.25) is 4.79 Å². The van der Waals surface area contributed by atoms with E-state index >= 15 is 0 Å². The molecule has 0 heterocycles. The van der Waals surface area contributed by atoms with Gasteiger partial charge in [0.2, 0.25) is 5.91 Å². The summed E-state index contributed by atoms with van der Waals surface area (Å²) in [6.07, 6.45) is 6.70. The summed E-state index contributed by atoms with van der Waals surface area (Å²) in [7, 11) is 7.92. The molecule has 0 aromatic carbocycles. The standard InChI is InChI=1S/C10H18B4N2O/c1-2-6(12)9(14)8(13)5(4-11)3-7(15)10(16)17/h1,7H,3-4,11-15H2,(H2,16,17)/b8-5+,9-6-/t7-/m0/s1. The number of allylic oxidation sites excluding steroid dienone is 3. The zero-order valence-electron chi connectivity index (χ0n) is 11.1. The maximum Gasteiger partial charge on any atom is 0.234 e. The van der Waals surface area contributed by atoms with Gasteiger partial charge in [0, 0.05) is 0 Å². The molecule has 0 aromatic rings. The Morgan fingerprint density at radius 2 is 1.82 bits per heavy atom. The van der Waals surface area contributed by atoms with Crippen molar-refractivity contribution in [3.63, 3.8) is 0 Å². The van der Waals surface area contributed by atoms with Crippen molar-refractivity contribution < 1.29 is 4.79 Å². The van der Waals surface area contributed by atoms with Gasteiger partial charge in [0.25, 0.3) is 0 Å². The van der Waals surface area contributed by atoms with Crippen molar-refractivity contribution in [2.24, 2.45) is 11.5 Å². The van der Waals surface area contributed by atoms with Crippen LogP contribution in [-0.4, -0.2) is 43.3 Å². The van der Waals surface area contributed by atoms with Gasteiger partial charge >= 0.3 is 0 Å². The Hall–Kier alpha value is -1.27. The number of rotatable bonds is 5. The summed E-state index contributed by atoms with van der Waals surface area (Å²) in [4.78, 5) is 11.0. The molecule has 0 aliphatic heterocycles. The van der Waals surface area contributed by atoms with Crippen molar-refractivity contribution in [2.45, 2.75) is 18.8 Å². The lowest BCUT2D eigenvalue weighted by molar-refractivity contribution is -0.119. The monoisotopic (exact) mass is 226 g/mol. The summed E-state index contributed by atoms with van der Waals surface area (Å²) in [5, 5.41) is 0. The van der Waals surface area contributed by atoms with Crippen LogP contribution >= 0.6 is 0 Å². The Labute approximate surface area is 107 Å². The molecule has 0 rings (SSSR count). The van der Waals surface area contributed by atoms with Crippen molar-refractivity contribution in [1.82, 2.24) is 0 Å². The van der Waals surface area contributed by atoms with E-state index in [-0.39, 0.29) is 0 Å². The van der Waals surface area contributed by atoms with Crippen molar-refractivity contribution in [2.75, 3.05) is 0 Å². The molecule has 86 valence electrons. The zero-order chi connectivity index (χ0) is 13.6. The molecule has 0 spiro atoms. The Kier molecular flexibility index (Phi) is 6.60. The Bertz CT molecular complexity index is 409. The molecule has 4 N–H and O–H groups in total. The van der Waals surface area contributed by atoms with Crippen LogP contribution in [0.2, 0.25) is 6.32 Å². The lowest BCUT2D eigenvalue weighted by Gasteiger charge is -2.15. The minimum Gasteiger partial charge on any atom is -0.368 e. The predicted octanol–water partition coefficient (Wildman–Crippen LogP) is -3.76. The molecule has 0 aromatic heterocycles. The van der Waals surface area contributed by atoms with Gasteiger partial charge in [0.05, 0.1) is 6.04 Å². The summed E-state index contributed by atoms with van der Waals surface area (Å²) in [5.74, 6) is 2.15.